The third kappa shape index (κ3) is 3.78. The Morgan fingerprint density at radius 2 is 2.00 bits per heavy atom. The van der Waals surface area contributed by atoms with Crippen molar-refractivity contribution >= 4 is 0 Å². The molecule has 1 spiro atoms. The van der Waals surface area contributed by atoms with Gasteiger partial charge in [0, 0.05) is 13.0 Å². The minimum absolute atomic E-state index is 0.0875. The monoisotopic (exact) mass is 290 g/mol. The molecule has 3 heteroatoms. The molecule has 0 aromatic heterocycles. The number of aliphatic hydroxyl groups is 1. The van der Waals surface area contributed by atoms with Crippen molar-refractivity contribution in [2.24, 2.45) is 5.92 Å². The lowest BCUT2D eigenvalue weighted by atomic mass is 9.81. The molecule has 2 fully saturated rings. The molecule has 116 valence electrons. The van der Waals surface area contributed by atoms with Crippen LogP contribution in [-0.4, -0.2) is 30.0 Å². The molecular weight excluding hydrogens is 264 g/mol. The molecule has 0 amide bonds. The van der Waals surface area contributed by atoms with Crippen LogP contribution in [0.2, 0.25) is 0 Å². The maximum Gasteiger partial charge on any atom is 0.119 e. The minimum Gasteiger partial charge on any atom is -0.493 e. The fourth-order valence-electron chi connectivity index (χ4n) is 3.81. The summed E-state index contributed by atoms with van der Waals surface area (Å²) in [5.41, 5.74) is 0.0875. The number of benzene rings is 1. The van der Waals surface area contributed by atoms with Crippen molar-refractivity contribution < 1.29 is 14.6 Å². The second-order valence-corrected chi connectivity index (χ2v) is 6.51. The predicted molar refractivity (Wildman–Crippen MR) is 82.4 cm³/mol. The Bertz CT molecular complexity index is 425. The number of aliphatic hydroxyl groups excluding tert-OH is 1. The Morgan fingerprint density at radius 1 is 1.24 bits per heavy atom. The van der Waals surface area contributed by atoms with E-state index in [9.17, 15) is 5.11 Å². The zero-order valence-corrected chi connectivity index (χ0v) is 12.7. The first kappa shape index (κ1) is 14.9. The Labute approximate surface area is 127 Å². The predicted octanol–water partition coefficient (Wildman–Crippen LogP) is 3.56. The summed E-state index contributed by atoms with van der Waals surface area (Å²) in [7, 11) is 0. The lowest BCUT2D eigenvalue weighted by Crippen LogP contribution is -2.41. The van der Waals surface area contributed by atoms with Gasteiger partial charge >= 0.3 is 0 Å². The van der Waals surface area contributed by atoms with Gasteiger partial charge in [0.15, 0.2) is 0 Å². The standard InChI is InChI=1S/C18H26O3/c19-17(9-12-20-16-6-2-1-3-7-16)15-8-13-21-18(14-15)10-4-5-11-18/h1-3,6-7,15,17,19H,4-5,8-14H2. The van der Waals surface area contributed by atoms with E-state index in [0.717, 1.165) is 25.2 Å². The summed E-state index contributed by atoms with van der Waals surface area (Å²) in [4.78, 5) is 0. The van der Waals surface area contributed by atoms with Crippen LogP contribution < -0.4 is 4.74 Å². The second-order valence-electron chi connectivity index (χ2n) is 6.51. The van der Waals surface area contributed by atoms with Gasteiger partial charge < -0.3 is 14.6 Å². The molecule has 3 rings (SSSR count). The molecule has 1 aliphatic carbocycles. The SMILES string of the molecule is OC(CCOc1ccccc1)C1CCOC2(CCCC2)C1. The number of ether oxygens (including phenoxy) is 2. The first-order chi connectivity index (χ1) is 10.3. The average Bonchev–Trinajstić information content (AvgIpc) is 2.96. The first-order valence-electron chi connectivity index (χ1n) is 8.27. The van der Waals surface area contributed by atoms with Crippen LogP contribution in [0.4, 0.5) is 0 Å². The summed E-state index contributed by atoms with van der Waals surface area (Å²) in [6.45, 7) is 1.39. The van der Waals surface area contributed by atoms with Crippen molar-refractivity contribution in [1.29, 1.82) is 0 Å². The Kier molecular flexibility index (Phi) is 4.81. The summed E-state index contributed by atoms with van der Waals surface area (Å²) in [6.07, 6.45) is 7.35. The minimum atomic E-state index is -0.268. The summed E-state index contributed by atoms with van der Waals surface area (Å²) in [6, 6.07) is 9.82. The van der Waals surface area contributed by atoms with E-state index in [0.29, 0.717) is 18.9 Å². The van der Waals surface area contributed by atoms with Crippen LogP contribution in [0.3, 0.4) is 0 Å². The maximum absolute atomic E-state index is 10.5. The quantitative estimate of drug-likeness (QED) is 0.901. The second kappa shape index (κ2) is 6.80. The lowest BCUT2D eigenvalue weighted by Gasteiger charge is -2.40. The first-order valence-corrected chi connectivity index (χ1v) is 8.27. The van der Waals surface area contributed by atoms with Gasteiger partial charge in [0.1, 0.15) is 5.75 Å². The molecule has 1 saturated heterocycles. The molecular formula is C18H26O3. The Hall–Kier alpha value is -1.06. The molecule has 1 aromatic rings. The molecule has 1 aromatic carbocycles. The fraction of sp³-hybridized carbons (Fsp3) is 0.667. The summed E-state index contributed by atoms with van der Waals surface area (Å²) in [5.74, 6) is 1.25. The molecule has 2 aliphatic rings. The van der Waals surface area contributed by atoms with Gasteiger partial charge in [0.05, 0.1) is 18.3 Å². The number of rotatable bonds is 5. The van der Waals surface area contributed by atoms with Crippen LogP contribution in [0.25, 0.3) is 0 Å². The average molecular weight is 290 g/mol. The van der Waals surface area contributed by atoms with Crippen LogP contribution >= 0.6 is 0 Å². The van der Waals surface area contributed by atoms with Crippen molar-refractivity contribution in [3.8, 4) is 5.75 Å². The number of hydrogen-bond acceptors (Lipinski definition) is 3. The van der Waals surface area contributed by atoms with E-state index in [2.05, 4.69) is 0 Å². The molecule has 1 N–H and O–H groups in total. The number of hydrogen-bond donors (Lipinski definition) is 1. The summed E-state index contributed by atoms with van der Waals surface area (Å²) >= 11 is 0. The molecule has 1 aliphatic heterocycles. The lowest BCUT2D eigenvalue weighted by molar-refractivity contribution is -0.114. The van der Waals surface area contributed by atoms with Gasteiger partial charge in [0.25, 0.3) is 0 Å². The molecule has 1 saturated carbocycles. The van der Waals surface area contributed by atoms with Crippen molar-refractivity contribution in [2.75, 3.05) is 13.2 Å². The van der Waals surface area contributed by atoms with Crippen LogP contribution in [0.1, 0.15) is 44.9 Å². The van der Waals surface area contributed by atoms with Crippen molar-refractivity contribution in [3.05, 3.63) is 30.3 Å². The smallest absolute Gasteiger partial charge is 0.119 e. The highest BCUT2D eigenvalue weighted by molar-refractivity contribution is 5.20. The van der Waals surface area contributed by atoms with Crippen LogP contribution in [0.5, 0.6) is 5.75 Å². The zero-order valence-electron chi connectivity index (χ0n) is 12.7. The van der Waals surface area contributed by atoms with Gasteiger partial charge in [-0.1, -0.05) is 31.0 Å². The third-order valence-electron chi connectivity index (χ3n) is 5.02. The highest BCUT2D eigenvalue weighted by Gasteiger charge is 2.41. The Balaban J connectivity index is 1.45. The van der Waals surface area contributed by atoms with Crippen molar-refractivity contribution in [1.82, 2.24) is 0 Å². The highest BCUT2D eigenvalue weighted by Crippen LogP contribution is 2.43. The Morgan fingerprint density at radius 3 is 2.76 bits per heavy atom. The molecule has 0 radical (unpaired) electrons. The number of para-hydroxylation sites is 1. The molecule has 0 bridgehead atoms. The topological polar surface area (TPSA) is 38.7 Å². The van der Waals surface area contributed by atoms with Crippen LogP contribution in [0.15, 0.2) is 30.3 Å². The van der Waals surface area contributed by atoms with Gasteiger partial charge in [-0.15, -0.1) is 0 Å². The molecule has 3 nitrogen and oxygen atoms in total. The van der Waals surface area contributed by atoms with E-state index in [1.165, 1.54) is 25.7 Å². The highest BCUT2D eigenvalue weighted by atomic mass is 16.5. The normalized spacial score (nSPS) is 25.9. The molecule has 2 atom stereocenters. The van der Waals surface area contributed by atoms with Gasteiger partial charge in [-0.3, -0.25) is 0 Å². The zero-order chi connectivity index (χ0) is 14.5. The van der Waals surface area contributed by atoms with E-state index in [1.54, 1.807) is 0 Å². The fourth-order valence-corrected chi connectivity index (χ4v) is 3.81. The van der Waals surface area contributed by atoms with E-state index in [1.807, 2.05) is 30.3 Å². The van der Waals surface area contributed by atoms with Crippen LogP contribution in [0, 0.1) is 5.92 Å². The van der Waals surface area contributed by atoms with Crippen LogP contribution in [-0.2, 0) is 4.74 Å². The van der Waals surface area contributed by atoms with Gasteiger partial charge in [-0.05, 0) is 43.7 Å². The molecule has 21 heavy (non-hydrogen) atoms. The van der Waals surface area contributed by atoms with E-state index < -0.39 is 0 Å². The van der Waals surface area contributed by atoms with E-state index in [4.69, 9.17) is 9.47 Å². The van der Waals surface area contributed by atoms with E-state index >= 15 is 0 Å². The summed E-state index contributed by atoms with van der Waals surface area (Å²) < 4.78 is 11.7. The molecule has 2 unspecified atom stereocenters. The molecule has 1 heterocycles. The van der Waals surface area contributed by atoms with Gasteiger partial charge in [-0.25, -0.2) is 0 Å². The summed E-state index contributed by atoms with van der Waals surface area (Å²) in [5, 5.41) is 10.5. The van der Waals surface area contributed by atoms with Crippen molar-refractivity contribution in [3.63, 3.8) is 0 Å². The maximum atomic E-state index is 10.5. The van der Waals surface area contributed by atoms with E-state index in [-0.39, 0.29) is 11.7 Å². The van der Waals surface area contributed by atoms with Gasteiger partial charge in [0.2, 0.25) is 0 Å². The largest absolute Gasteiger partial charge is 0.493 e. The van der Waals surface area contributed by atoms with Gasteiger partial charge in [-0.2, -0.15) is 0 Å². The van der Waals surface area contributed by atoms with Crippen molar-refractivity contribution in [2.45, 2.75) is 56.7 Å². The third-order valence-corrected chi connectivity index (χ3v) is 5.02.